The molecule has 0 saturated heterocycles. The molecule has 0 fully saturated rings. The number of benzene rings is 2. The van der Waals surface area contributed by atoms with Crippen molar-refractivity contribution in [2.45, 2.75) is 19.4 Å². The van der Waals surface area contributed by atoms with Crippen LogP contribution in [0.2, 0.25) is 0 Å². The van der Waals surface area contributed by atoms with E-state index in [9.17, 15) is 4.79 Å². The third-order valence-corrected chi connectivity index (χ3v) is 3.23. The predicted octanol–water partition coefficient (Wildman–Crippen LogP) is 2.51. The first-order valence-corrected chi connectivity index (χ1v) is 6.89. The standard InChI is InChI=1S/C17H20N2O/c18-17(20)16-10-8-15(9-11-16)13-19-12-4-7-14-5-2-1-3-6-14/h1-3,5-6,8-11,19H,4,7,12-13H2,(H2,18,20). The van der Waals surface area contributed by atoms with E-state index in [2.05, 4.69) is 29.6 Å². The minimum absolute atomic E-state index is 0.382. The Bertz CT molecular complexity index is 535. The topological polar surface area (TPSA) is 55.1 Å². The third kappa shape index (κ3) is 4.52. The van der Waals surface area contributed by atoms with Gasteiger partial charge in [-0.3, -0.25) is 4.79 Å². The van der Waals surface area contributed by atoms with Crippen LogP contribution in [0.25, 0.3) is 0 Å². The second-order valence-electron chi connectivity index (χ2n) is 4.83. The zero-order valence-electron chi connectivity index (χ0n) is 11.5. The normalized spacial score (nSPS) is 10.4. The van der Waals surface area contributed by atoms with Gasteiger partial charge in [0.15, 0.2) is 0 Å². The fraction of sp³-hybridized carbons (Fsp3) is 0.235. The molecular weight excluding hydrogens is 248 g/mol. The van der Waals surface area contributed by atoms with Crippen molar-refractivity contribution in [1.82, 2.24) is 5.32 Å². The summed E-state index contributed by atoms with van der Waals surface area (Å²) in [5, 5.41) is 3.40. The van der Waals surface area contributed by atoms with E-state index in [4.69, 9.17) is 5.73 Å². The Hall–Kier alpha value is -2.13. The Morgan fingerprint density at radius 3 is 2.30 bits per heavy atom. The first-order chi connectivity index (χ1) is 9.75. The molecule has 2 aromatic carbocycles. The molecule has 0 spiro atoms. The summed E-state index contributed by atoms with van der Waals surface area (Å²) < 4.78 is 0. The summed E-state index contributed by atoms with van der Waals surface area (Å²) in [7, 11) is 0. The monoisotopic (exact) mass is 268 g/mol. The van der Waals surface area contributed by atoms with E-state index in [0.29, 0.717) is 5.56 Å². The van der Waals surface area contributed by atoms with E-state index in [-0.39, 0.29) is 5.91 Å². The number of carbonyl (C=O) groups excluding carboxylic acids is 1. The highest BCUT2D eigenvalue weighted by Gasteiger charge is 1.99. The number of hydrogen-bond acceptors (Lipinski definition) is 2. The third-order valence-electron chi connectivity index (χ3n) is 3.23. The molecule has 0 aliphatic rings. The molecule has 20 heavy (non-hydrogen) atoms. The zero-order chi connectivity index (χ0) is 14.2. The SMILES string of the molecule is NC(=O)c1ccc(CNCCCc2ccccc2)cc1. The second-order valence-corrected chi connectivity index (χ2v) is 4.83. The molecule has 0 aliphatic carbocycles. The molecule has 0 atom stereocenters. The number of nitrogens with one attached hydrogen (secondary N) is 1. The Morgan fingerprint density at radius 2 is 1.65 bits per heavy atom. The second kappa shape index (κ2) is 7.46. The average molecular weight is 268 g/mol. The summed E-state index contributed by atoms with van der Waals surface area (Å²) in [6, 6.07) is 17.9. The molecule has 0 aromatic heterocycles. The lowest BCUT2D eigenvalue weighted by Crippen LogP contribution is -2.16. The largest absolute Gasteiger partial charge is 0.366 e. The molecule has 104 valence electrons. The van der Waals surface area contributed by atoms with Gasteiger partial charge in [-0.05, 0) is 42.6 Å². The Kier molecular flexibility index (Phi) is 5.33. The zero-order valence-corrected chi connectivity index (χ0v) is 11.5. The fourth-order valence-corrected chi connectivity index (χ4v) is 2.08. The van der Waals surface area contributed by atoms with Gasteiger partial charge in [0.05, 0.1) is 0 Å². The molecular formula is C17H20N2O. The van der Waals surface area contributed by atoms with Gasteiger partial charge in [0.1, 0.15) is 0 Å². The molecule has 3 nitrogen and oxygen atoms in total. The van der Waals surface area contributed by atoms with E-state index in [0.717, 1.165) is 31.5 Å². The van der Waals surface area contributed by atoms with Crippen molar-refractivity contribution in [1.29, 1.82) is 0 Å². The fourth-order valence-electron chi connectivity index (χ4n) is 2.08. The quantitative estimate of drug-likeness (QED) is 0.758. The number of rotatable bonds is 7. The lowest BCUT2D eigenvalue weighted by atomic mass is 10.1. The van der Waals surface area contributed by atoms with Crippen molar-refractivity contribution in [2.75, 3.05) is 6.54 Å². The van der Waals surface area contributed by atoms with Gasteiger partial charge < -0.3 is 11.1 Å². The summed E-state index contributed by atoms with van der Waals surface area (Å²) in [6.07, 6.45) is 2.21. The van der Waals surface area contributed by atoms with E-state index in [1.807, 2.05) is 18.2 Å². The molecule has 3 heteroatoms. The van der Waals surface area contributed by atoms with Gasteiger partial charge in [0.25, 0.3) is 0 Å². The van der Waals surface area contributed by atoms with Gasteiger partial charge in [-0.1, -0.05) is 42.5 Å². The minimum atomic E-state index is -0.382. The van der Waals surface area contributed by atoms with Crippen molar-refractivity contribution >= 4 is 5.91 Å². The molecule has 0 heterocycles. The molecule has 0 bridgehead atoms. The highest BCUT2D eigenvalue weighted by molar-refractivity contribution is 5.92. The van der Waals surface area contributed by atoms with Crippen LogP contribution in [-0.4, -0.2) is 12.5 Å². The molecule has 1 amide bonds. The van der Waals surface area contributed by atoms with Crippen molar-refractivity contribution in [3.05, 3.63) is 71.3 Å². The van der Waals surface area contributed by atoms with Crippen LogP contribution in [0.1, 0.15) is 27.9 Å². The van der Waals surface area contributed by atoms with E-state index in [1.165, 1.54) is 5.56 Å². The maximum Gasteiger partial charge on any atom is 0.248 e. The Labute approximate surface area is 119 Å². The van der Waals surface area contributed by atoms with Crippen molar-refractivity contribution in [2.24, 2.45) is 5.73 Å². The van der Waals surface area contributed by atoms with E-state index < -0.39 is 0 Å². The summed E-state index contributed by atoms with van der Waals surface area (Å²) >= 11 is 0. The van der Waals surface area contributed by atoms with Crippen LogP contribution in [0.15, 0.2) is 54.6 Å². The van der Waals surface area contributed by atoms with Crippen LogP contribution < -0.4 is 11.1 Å². The summed E-state index contributed by atoms with van der Waals surface area (Å²) in [5.74, 6) is -0.382. The van der Waals surface area contributed by atoms with Crippen molar-refractivity contribution < 1.29 is 4.79 Å². The van der Waals surface area contributed by atoms with Gasteiger partial charge in [-0.25, -0.2) is 0 Å². The van der Waals surface area contributed by atoms with Gasteiger partial charge >= 0.3 is 0 Å². The van der Waals surface area contributed by atoms with Gasteiger partial charge in [0, 0.05) is 12.1 Å². The lowest BCUT2D eigenvalue weighted by molar-refractivity contribution is 0.100. The number of aryl methyl sites for hydroxylation is 1. The van der Waals surface area contributed by atoms with Crippen molar-refractivity contribution in [3.8, 4) is 0 Å². The highest BCUT2D eigenvalue weighted by Crippen LogP contribution is 2.04. The highest BCUT2D eigenvalue weighted by atomic mass is 16.1. The molecule has 0 aliphatic heterocycles. The number of hydrogen-bond donors (Lipinski definition) is 2. The summed E-state index contributed by atoms with van der Waals surface area (Å²) in [6.45, 7) is 1.79. The lowest BCUT2D eigenvalue weighted by Gasteiger charge is -2.06. The van der Waals surface area contributed by atoms with Crippen LogP contribution in [0.4, 0.5) is 0 Å². The van der Waals surface area contributed by atoms with E-state index >= 15 is 0 Å². The van der Waals surface area contributed by atoms with Crippen LogP contribution in [-0.2, 0) is 13.0 Å². The van der Waals surface area contributed by atoms with Crippen LogP contribution in [0, 0.1) is 0 Å². The maximum atomic E-state index is 11.0. The average Bonchev–Trinajstić information content (AvgIpc) is 2.48. The van der Waals surface area contributed by atoms with Crippen LogP contribution >= 0.6 is 0 Å². The Balaban J connectivity index is 1.67. The number of primary amides is 1. The molecule has 0 saturated carbocycles. The van der Waals surface area contributed by atoms with Gasteiger partial charge in [0.2, 0.25) is 5.91 Å². The smallest absolute Gasteiger partial charge is 0.248 e. The van der Waals surface area contributed by atoms with Crippen LogP contribution in [0.5, 0.6) is 0 Å². The molecule has 3 N–H and O–H groups in total. The molecule has 2 aromatic rings. The maximum absolute atomic E-state index is 11.0. The number of amides is 1. The number of carbonyl (C=O) groups is 1. The first kappa shape index (κ1) is 14.3. The Morgan fingerprint density at radius 1 is 0.950 bits per heavy atom. The van der Waals surface area contributed by atoms with E-state index in [1.54, 1.807) is 12.1 Å². The van der Waals surface area contributed by atoms with Crippen LogP contribution in [0.3, 0.4) is 0 Å². The van der Waals surface area contributed by atoms with Crippen molar-refractivity contribution in [3.63, 3.8) is 0 Å². The summed E-state index contributed by atoms with van der Waals surface area (Å²) in [4.78, 5) is 11.0. The van der Waals surface area contributed by atoms with Gasteiger partial charge in [-0.15, -0.1) is 0 Å². The molecule has 2 rings (SSSR count). The summed E-state index contributed by atoms with van der Waals surface area (Å²) in [5.41, 5.74) is 8.29. The minimum Gasteiger partial charge on any atom is -0.366 e. The number of nitrogens with two attached hydrogens (primary N) is 1. The van der Waals surface area contributed by atoms with Gasteiger partial charge in [-0.2, -0.15) is 0 Å². The molecule has 0 unspecified atom stereocenters. The predicted molar refractivity (Wildman–Crippen MR) is 81.4 cm³/mol. The molecule has 0 radical (unpaired) electrons. The first-order valence-electron chi connectivity index (χ1n) is 6.89.